The van der Waals surface area contributed by atoms with Crippen molar-refractivity contribution >= 4 is 0 Å². The van der Waals surface area contributed by atoms with Gasteiger partial charge in [0.2, 0.25) is 0 Å². The van der Waals surface area contributed by atoms with Crippen LogP contribution in [0.2, 0.25) is 0 Å². The zero-order valence-corrected chi connectivity index (χ0v) is 13.7. The third-order valence-corrected chi connectivity index (χ3v) is 4.75. The number of nitrogens with one attached hydrogen (secondary N) is 1. The van der Waals surface area contributed by atoms with Crippen LogP contribution in [0.3, 0.4) is 0 Å². The molecule has 1 aromatic rings. The summed E-state index contributed by atoms with van der Waals surface area (Å²) in [6.07, 6.45) is 9.12. The van der Waals surface area contributed by atoms with Crippen LogP contribution >= 0.6 is 0 Å². The smallest absolute Gasteiger partial charge is 0.0624 e. The Labute approximate surface area is 124 Å². The van der Waals surface area contributed by atoms with E-state index in [0.717, 1.165) is 13.0 Å². The quantitative estimate of drug-likeness (QED) is 0.863. The number of hydrogen-bond donors (Lipinski definition) is 1. The van der Waals surface area contributed by atoms with Gasteiger partial charge in [-0.05, 0) is 37.2 Å². The molecule has 1 fully saturated rings. The molecule has 0 aliphatic heterocycles. The van der Waals surface area contributed by atoms with Crippen molar-refractivity contribution in [3.63, 3.8) is 0 Å². The Kier molecular flexibility index (Phi) is 5.25. The van der Waals surface area contributed by atoms with E-state index in [2.05, 4.69) is 49.0 Å². The molecule has 0 spiro atoms. The lowest BCUT2D eigenvalue weighted by molar-refractivity contribution is 0.173. The van der Waals surface area contributed by atoms with E-state index in [9.17, 15) is 0 Å². The fourth-order valence-electron chi connectivity index (χ4n) is 3.43. The second-order valence-corrected chi connectivity index (χ2v) is 6.88. The number of aryl methyl sites for hydroxylation is 2. The average Bonchev–Trinajstić information content (AvgIpc) is 2.78. The summed E-state index contributed by atoms with van der Waals surface area (Å²) >= 11 is 0. The van der Waals surface area contributed by atoms with Crippen LogP contribution in [0.5, 0.6) is 0 Å². The highest BCUT2D eigenvalue weighted by Crippen LogP contribution is 2.39. The summed E-state index contributed by atoms with van der Waals surface area (Å²) in [5, 5.41) is 8.30. The van der Waals surface area contributed by atoms with E-state index in [0.29, 0.717) is 11.5 Å². The summed E-state index contributed by atoms with van der Waals surface area (Å²) < 4.78 is 2.10. The van der Waals surface area contributed by atoms with E-state index in [-0.39, 0.29) is 0 Å². The summed E-state index contributed by atoms with van der Waals surface area (Å²) in [7, 11) is 2.10. The minimum absolute atomic E-state index is 0.446. The average molecular weight is 277 g/mol. The molecule has 1 N–H and O–H groups in total. The van der Waals surface area contributed by atoms with Gasteiger partial charge in [-0.15, -0.1) is 0 Å². The molecule has 1 aliphatic carbocycles. The van der Waals surface area contributed by atoms with Crippen LogP contribution in [-0.4, -0.2) is 22.4 Å². The van der Waals surface area contributed by atoms with Crippen LogP contribution in [0.25, 0.3) is 0 Å². The molecule has 0 aromatic carbocycles. The Morgan fingerprint density at radius 3 is 2.55 bits per heavy atom. The van der Waals surface area contributed by atoms with E-state index in [1.54, 1.807) is 0 Å². The van der Waals surface area contributed by atoms with Gasteiger partial charge in [-0.2, -0.15) is 5.10 Å². The van der Waals surface area contributed by atoms with Gasteiger partial charge >= 0.3 is 0 Å². The minimum Gasteiger partial charge on any atom is -0.314 e. The van der Waals surface area contributed by atoms with E-state index >= 15 is 0 Å². The van der Waals surface area contributed by atoms with Crippen molar-refractivity contribution in [1.29, 1.82) is 0 Å². The van der Waals surface area contributed by atoms with E-state index in [1.165, 1.54) is 49.9 Å². The molecule has 3 heteroatoms. The van der Waals surface area contributed by atoms with Crippen LogP contribution in [0.1, 0.15) is 64.3 Å². The zero-order valence-electron chi connectivity index (χ0n) is 13.7. The van der Waals surface area contributed by atoms with Gasteiger partial charge in [0, 0.05) is 25.3 Å². The molecule has 20 heavy (non-hydrogen) atoms. The molecule has 3 nitrogen and oxygen atoms in total. The highest BCUT2D eigenvalue weighted by molar-refractivity contribution is 5.13. The Morgan fingerprint density at radius 2 is 2.00 bits per heavy atom. The van der Waals surface area contributed by atoms with Crippen molar-refractivity contribution in [1.82, 2.24) is 15.1 Å². The molecule has 0 radical (unpaired) electrons. The molecular weight excluding hydrogens is 246 g/mol. The number of aromatic nitrogens is 2. The first kappa shape index (κ1) is 15.6. The first-order valence-corrected chi connectivity index (χ1v) is 8.30. The molecule has 114 valence electrons. The van der Waals surface area contributed by atoms with Gasteiger partial charge in [0.1, 0.15) is 0 Å². The topological polar surface area (TPSA) is 29.9 Å². The summed E-state index contributed by atoms with van der Waals surface area (Å²) in [4.78, 5) is 0. The lowest BCUT2D eigenvalue weighted by Crippen LogP contribution is -2.40. The second kappa shape index (κ2) is 6.75. The highest BCUT2D eigenvalue weighted by atomic mass is 15.3. The molecule has 2 rings (SSSR count). The Balaban J connectivity index is 2.11. The minimum atomic E-state index is 0.446. The molecule has 0 saturated heterocycles. The van der Waals surface area contributed by atoms with Crippen LogP contribution in [-0.2, 0) is 19.9 Å². The lowest BCUT2D eigenvalue weighted by atomic mass is 9.71. The zero-order chi connectivity index (χ0) is 14.6. The maximum atomic E-state index is 4.62. The van der Waals surface area contributed by atoms with Crippen LogP contribution in [0, 0.1) is 5.41 Å². The number of nitrogens with zero attached hydrogens (tertiary/aromatic N) is 2. The molecule has 1 aromatic heterocycles. The van der Waals surface area contributed by atoms with Crippen molar-refractivity contribution in [2.24, 2.45) is 12.5 Å². The van der Waals surface area contributed by atoms with Gasteiger partial charge in [0.15, 0.2) is 0 Å². The van der Waals surface area contributed by atoms with Gasteiger partial charge in [-0.25, -0.2) is 0 Å². The fourth-order valence-corrected chi connectivity index (χ4v) is 3.43. The van der Waals surface area contributed by atoms with E-state index < -0.39 is 0 Å². The van der Waals surface area contributed by atoms with Crippen molar-refractivity contribution in [2.75, 3.05) is 6.54 Å². The van der Waals surface area contributed by atoms with Crippen molar-refractivity contribution in [3.05, 3.63) is 17.5 Å². The van der Waals surface area contributed by atoms with Gasteiger partial charge in [0.05, 0.1) is 5.69 Å². The maximum absolute atomic E-state index is 4.62. The lowest BCUT2D eigenvalue weighted by Gasteiger charge is -2.38. The summed E-state index contributed by atoms with van der Waals surface area (Å²) in [5.41, 5.74) is 3.08. The van der Waals surface area contributed by atoms with Crippen LogP contribution < -0.4 is 5.32 Å². The van der Waals surface area contributed by atoms with Crippen molar-refractivity contribution in [2.45, 2.75) is 71.8 Å². The first-order chi connectivity index (χ1) is 9.54. The van der Waals surface area contributed by atoms with Crippen molar-refractivity contribution < 1.29 is 0 Å². The van der Waals surface area contributed by atoms with Gasteiger partial charge in [-0.3, -0.25) is 4.68 Å². The highest BCUT2D eigenvalue weighted by Gasteiger charge is 2.33. The molecule has 0 atom stereocenters. The molecular formula is C17H31N3. The number of hydrogen-bond acceptors (Lipinski definition) is 2. The second-order valence-electron chi connectivity index (χ2n) is 6.88. The first-order valence-electron chi connectivity index (χ1n) is 8.30. The van der Waals surface area contributed by atoms with Gasteiger partial charge in [-0.1, -0.05) is 40.0 Å². The summed E-state index contributed by atoms with van der Waals surface area (Å²) in [6, 6.07) is 2.89. The molecule has 1 aliphatic rings. The predicted molar refractivity (Wildman–Crippen MR) is 84.9 cm³/mol. The third-order valence-electron chi connectivity index (χ3n) is 4.75. The van der Waals surface area contributed by atoms with E-state index in [4.69, 9.17) is 0 Å². The SMILES string of the molecule is CCc1cc(CC2(CNC(C)C)CCCCC2)n(C)n1. The van der Waals surface area contributed by atoms with Gasteiger partial charge in [0.25, 0.3) is 0 Å². The number of rotatable bonds is 6. The predicted octanol–water partition coefficient (Wildman–Crippen LogP) is 3.47. The fraction of sp³-hybridized carbons (Fsp3) is 0.824. The normalized spacial score (nSPS) is 18.6. The Bertz CT molecular complexity index is 414. The largest absolute Gasteiger partial charge is 0.314 e. The third kappa shape index (κ3) is 3.85. The standard InChI is InChI=1S/C17H31N3/c1-5-15-11-16(20(4)19-15)12-17(13-18-14(2)3)9-7-6-8-10-17/h11,14,18H,5-10,12-13H2,1-4H3. The van der Waals surface area contributed by atoms with Crippen LogP contribution in [0.4, 0.5) is 0 Å². The molecule has 0 bridgehead atoms. The summed E-state index contributed by atoms with van der Waals surface area (Å²) in [5.74, 6) is 0. The maximum Gasteiger partial charge on any atom is 0.0624 e. The van der Waals surface area contributed by atoms with Crippen molar-refractivity contribution in [3.8, 4) is 0 Å². The Morgan fingerprint density at radius 1 is 1.30 bits per heavy atom. The molecule has 0 amide bonds. The summed E-state index contributed by atoms with van der Waals surface area (Å²) in [6.45, 7) is 7.83. The molecule has 1 heterocycles. The van der Waals surface area contributed by atoms with E-state index in [1.807, 2.05) is 0 Å². The Hall–Kier alpha value is -0.830. The van der Waals surface area contributed by atoms with Gasteiger partial charge < -0.3 is 5.32 Å². The monoisotopic (exact) mass is 277 g/mol. The molecule has 0 unspecified atom stereocenters. The molecule has 1 saturated carbocycles. The van der Waals surface area contributed by atoms with Crippen LogP contribution in [0.15, 0.2) is 6.07 Å².